The standard InChI is InChI=1S/C7H11N3O/c1-2-9-7(11)10-5-3-4-8-6-10/h3-5H,2,6H2,1H3,(H,9,11). The molecule has 0 saturated carbocycles. The Hall–Kier alpha value is -1.32. The first-order chi connectivity index (χ1) is 5.34. The monoisotopic (exact) mass is 153 g/mol. The van der Waals surface area contributed by atoms with Gasteiger partial charge in [-0.25, -0.2) is 4.79 Å². The van der Waals surface area contributed by atoms with Crippen LogP contribution in [-0.2, 0) is 0 Å². The summed E-state index contributed by atoms with van der Waals surface area (Å²) in [7, 11) is 0. The average Bonchev–Trinajstić information content (AvgIpc) is 2.07. The lowest BCUT2D eigenvalue weighted by molar-refractivity contribution is 0.216. The highest BCUT2D eigenvalue weighted by Gasteiger charge is 2.08. The van der Waals surface area contributed by atoms with Crippen LogP contribution in [0.2, 0.25) is 0 Å². The van der Waals surface area contributed by atoms with E-state index in [1.165, 1.54) is 4.90 Å². The number of carbonyl (C=O) groups excluding carboxylic acids is 1. The zero-order chi connectivity index (χ0) is 8.10. The van der Waals surface area contributed by atoms with Gasteiger partial charge in [-0.3, -0.25) is 9.89 Å². The summed E-state index contributed by atoms with van der Waals surface area (Å²) in [4.78, 5) is 16.5. The largest absolute Gasteiger partial charge is 0.338 e. The first-order valence-corrected chi connectivity index (χ1v) is 3.55. The van der Waals surface area contributed by atoms with E-state index >= 15 is 0 Å². The zero-order valence-corrected chi connectivity index (χ0v) is 6.45. The Balaban J connectivity index is 2.42. The fourth-order valence-electron chi connectivity index (χ4n) is 0.770. The van der Waals surface area contributed by atoms with Crippen molar-refractivity contribution in [3.63, 3.8) is 0 Å². The maximum absolute atomic E-state index is 11.1. The summed E-state index contributed by atoms with van der Waals surface area (Å²) >= 11 is 0. The zero-order valence-electron chi connectivity index (χ0n) is 6.45. The number of hydrogen-bond acceptors (Lipinski definition) is 2. The number of urea groups is 1. The summed E-state index contributed by atoms with van der Waals surface area (Å²) in [5.41, 5.74) is 0. The second-order valence-electron chi connectivity index (χ2n) is 2.12. The van der Waals surface area contributed by atoms with Crippen molar-refractivity contribution in [3.8, 4) is 0 Å². The first-order valence-electron chi connectivity index (χ1n) is 3.55. The van der Waals surface area contributed by atoms with Crippen LogP contribution in [0.5, 0.6) is 0 Å². The maximum atomic E-state index is 11.1. The van der Waals surface area contributed by atoms with Crippen LogP contribution in [-0.4, -0.2) is 30.4 Å². The van der Waals surface area contributed by atoms with Gasteiger partial charge in [-0.15, -0.1) is 0 Å². The molecule has 1 heterocycles. The molecule has 0 atom stereocenters. The summed E-state index contributed by atoms with van der Waals surface area (Å²) < 4.78 is 0. The van der Waals surface area contributed by atoms with Gasteiger partial charge in [0.25, 0.3) is 0 Å². The van der Waals surface area contributed by atoms with Gasteiger partial charge in [0.15, 0.2) is 0 Å². The van der Waals surface area contributed by atoms with Crippen molar-refractivity contribution in [3.05, 3.63) is 12.3 Å². The van der Waals surface area contributed by atoms with E-state index in [0.717, 1.165) is 0 Å². The quantitative estimate of drug-likeness (QED) is 0.588. The summed E-state index contributed by atoms with van der Waals surface area (Å²) in [6, 6.07) is -0.0967. The van der Waals surface area contributed by atoms with Crippen LogP contribution in [0, 0.1) is 0 Å². The van der Waals surface area contributed by atoms with Crippen molar-refractivity contribution in [1.29, 1.82) is 0 Å². The molecular weight excluding hydrogens is 142 g/mol. The van der Waals surface area contributed by atoms with Crippen molar-refractivity contribution in [2.45, 2.75) is 6.92 Å². The third kappa shape index (κ3) is 2.07. The second-order valence-corrected chi connectivity index (χ2v) is 2.12. The molecule has 0 saturated heterocycles. The van der Waals surface area contributed by atoms with Gasteiger partial charge in [-0.2, -0.15) is 0 Å². The Kier molecular flexibility index (Phi) is 2.66. The van der Waals surface area contributed by atoms with Crippen LogP contribution in [0.1, 0.15) is 6.92 Å². The average molecular weight is 153 g/mol. The molecule has 0 aliphatic carbocycles. The van der Waals surface area contributed by atoms with Gasteiger partial charge in [-0.1, -0.05) is 0 Å². The normalized spacial score (nSPS) is 15.2. The van der Waals surface area contributed by atoms with Gasteiger partial charge in [-0.05, 0) is 13.0 Å². The molecule has 1 aliphatic heterocycles. The molecule has 4 heteroatoms. The molecule has 1 N–H and O–H groups in total. The molecule has 0 radical (unpaired) electrons. The Morgan fingerprint density at radius 2 is 2.64 bits per heavy atom. The molecular formula is C7H11N3O. The molecule has 0 spiro atoms. The number of rotatable bonds is 1. The van der Waals surface area contributed by atoms with Crippen molar-refractivity contribution in [2.24, 2.45) is 4.99 Å². The Morgan fingerprint density at radius 1 is 1.82 bits per heavy atom. The van der Waals surface area contributed by atoms with Crippen molar-refractivity contribution in [1.82, 2.24) is 10.2 Å². The van der Waals surface area contributed by atoms with E-state index in [1.54, 1.807) is 18.5 Å². The molecule has 2 amide bonds. The van der Waals surface area contributed by atoms with E-state index in [4.69, 9.17) is 0 Å². The van der Waals surface area contributed by atoms with E-state index in [2.05, 4.69) is 10.3 Å². The highest BCUT2D eigenvalue weighted by molar-refractivity contribution is 5.79. The highest BCUT2D eigenvalue weighted by atomic mass is 16.2. The molecule has 4 nitrogen and oxygen atoms in total. The molecule has 1 rings (SSSR count). The Morgan fingerprint density at radius 3 is 3.18 bits per heavy atom. The van der Waals surface area contributed by atoms with Crippen LogP contribution in [0.3, 0.4) is 0 Å². The van der Waals surface area contributed by atoms with Crippen LogP contribution < -0.4 is 5.32 Å². The van der Waals surface area contributed by atoms with Crippen LogP contribution >= 0.6 is 0 Å². The maximum Gasteiger partial charge on any atom is 0.322 e. The summed E-state index contributed by atoms with van der Waals surface area (Å²) in [6.07, 6.45) is 5.12. The molecule has 0 aromatic rings. The SMILES string of the molecule is CCNC(=O)N1C=CC=NC1. The molecule has 0 unspecified atom stereocenters. The molecule has 0 bridgehead atoms. The highest BCUT2D eigenvalue weighted by Crippen LogP contribution is 1.95. The molecule has 11 heavy (non-hydrogen) atoms. The molecule has 1 aliphatic rings. The summed E-state index contributed by atoms with van der Waals surface area (Å²) in [5.74, 6) is 0. The van der Waals surface area contributed by atoms with E-state index in [1.807, 2.05) is 6.92 Å². The number of hydrogen-bond donors (Lipinski definition) is 1. The van der Waals surface area contributed by atoms with Crippen LogP contribution in [0.4, 0.5) is 4.79 Å². The van der Waals surface area contributed by atoms with Crippen molar-refractivity contribution < 1.29 is 4.79 Å². The summed E-state index contributed by atoms with van der Waals surface area (Å²) in [5, 5.41) is 2.68. The van der Waals surface area contributed by atoms with Crippen molar-refractivity contribution in [2.75, 3.05) is 13.2 Å². The van der Waals surface area contributed by atoms with E-state index < -0.39 is 0 Å². The second kappa shape index (κ2) is 3.75. The van der Waals surface area contributed by atoms with Crippen LogP contribution in [0.15, 0.2) is 17.3 Å². The number of nitrogens with one attached hydrogen (secondary N) is 1. The third-order valence-electron chi connectivity index (χ3n) is 1.28. The lowest BCUT2D eigenvalue weighted by atomic mass is 10.5. The predicted molar refractivity (Wildman–Crippen MR) is 43.4 cm³/mol. The first kappa shape index (κ1) is 7.78. The lowest BCUT2D eigenvalue weighted by Crippen LogP contribution is -2.37. The Labute approximate surface area is 65.6 Å². The topological polar surface area (TPSA) is 44.7 Å². The molecule has 60 valence electrons. The molecule has 0 fully saturated rings. The molecule has 0 aromatic heterocycles. The van der Waals surface area contributed by atoms with Gasteiger partial charge >= 0.3 is 6.03 Å². The number of allylic oxidation sites excluding steroid dienone is 1. The van der Waals surface area contributed by atoms with E-state index in [-0.39, 0.29) is 6.03 Å². The van der Waals surface area contributed by atoms with Gasteiger partial charge in [0.2, 0.25) is 0 Å². The number of nitrogens with zero attached hydrogens (tertiary/aromatic N) is 2. The minimum absolute atomic E-state index is 0.0967. The fraction of sp³-hybridized carbons (Fsp3) is 0.429. The van der Waals surface area contributed by atoms with Crippen LogP contribution in [0.25, 0.3) is 0 Å². The minimum atomic E-state index is -0.0967. The van der Waals surface area contributed by atoms with Crippen molar-refractivity contribution >= 4 is 12.2 Å². The Bertz CT molecular complexity index is 198. The summed E-state index contributed by atoms with van der Waals surface area (Å²) in [6.45, 7) is 2.95. The number of amides is 2. The smallest absolute Gasteiger partial charge is 0.322 e. The van der Waals surface area contributed by atoms with Gasteiger partial charge < -0.3 is 5.32 Å². The molecule has 0 aromatic carbocycles. The predicted octanol–water partition coefficient (Wildman–Crippen LogP) is 0.574. The van der Waals surface area contributed by atoms with Gasteiger partial charge in [0.1, 0.15) is 6.67 Å². The fourth-order valence-corrected chi connectivity index (χ4v) is 0.770. The lowest BCUT2D eigenvalue weighted by Gasteiger charge is -2.17. The van der Waals surface area contributed by atoms with E-state index in [0.29, 0.717) is 13.2 Å². The third-order valence-corrected chi connectivity index (χ3v) is 1.28. The van der Waals surface area contributed by atoms with E-state index in [9.17, 15) is 4.79 Å². The minimum Gasteiger partial charge on any atom is -0.338 e. The number of aliphatic imine (C=N–C) groups is 1. The van der Waals surface area contributed by atoms with Gasteiger partial charge in [0.05, 0.1) is 0 Å². The van der Waals surface area contributed by atoms with Gasteiger partial charge in [0, 0.05) is 19.0 Å². The number of carbonyl (C=O) groups is 1.